The van der Waals surface area contributed by atoms with Gasteiger partial charge in [-0.3, -0.25) is 33.6 Å². The van der Waals surface area contributed by atoms with Crippen LogP contribution in [0.1, 0.15) is 51.2 Å². The number of carbonyl (C=O) groups excluding carboxylic acids is 7. The predicted octanol–water partition coefficient (Wildman–Crippen LogP) is -0.0920. The maximum atomic E-state index is 14.4. The molecule has 3 aromatic rings. The normalized spacial score (nSPS) is 14.7. The molecule has 1 heterocycles. The van der Waals surface area contributed by atoms with Crippen molar-refractivity contribution < 1.29 is 38.7 Å². The summed E-state index contributed by atoms with van der Waals surface area (Å²) < 4.78 is 0. The van der Waals surface area contributed by atoms with Gasteiger partial charge in [0.15, 0.2) is 0 Å². The van der Waals surface area contributed by atoms with Crippen molar-refractivity contribution >= 4 is 73.8 Å². The Balaban J connectivity index is 1.98. The monoisotopic (exact) mass is 841 g/mol. The zero-order chi connectivity index (χ0) is 42.8. The van der Waals surface area contributed by atoms with Crippen LogP contribution < -0.4 is 43.4 Å². The number of hydrogen-bond donors (Lipinski definition) is 10. The summed E-state index contributed by atoms with van der Waals surface area (Å²) in [5, 5.41) is 27.0. The molecule has 3 rings (SSSR count). The summed E-state index contributed by atoms with van der Waals surface area (Å²) in [5.41, 5.74) is 13.2. The first-order chi connectivity index (χ1) is 27.6. The van der Waals surface area contributed by atoms with Gasteiger partial charge in [0.2, 0.25) is 41.4 Å². The van der Waals surface area contributed by atoms with Gasteiger partial charge in [0.25, 0.3) is 0 Å². The fraction of sp³-hybridized carbons (Fsp3) is 0.462. The molecule has 19 heteroatoms. The van der Waals surface area contributed by atoms with E-state index in [0.717, 1.165) is 10.9 Å². The van der Waals surface area contributed by atoms with Gasteiger partial charge in [-0.15, -0.1) is 0 Å². The fourth-order valence-electron chi connectivity index (χ4n) is 5.97. The molecule has 1 aromatic heterocycles. The lowest BCUT2D eigenvalue weighted by molar-refractivity contribution is -0.136. The zero-order valence-corrected chi connectivity index (χ0v) is 34.7. The third-order valence-electron chi connectivity index (χ3n) is 9.12. The molecule has 0 fully saturated rings. The summed E-state index contributed by atoms with van der Waals surface area (Å²) >= 11 is 0. The van der Waals surface area contributed by atoms with Crippen LogP contribution in [0.5, 0.6) is 0 Å². The van der Waals surface area contributed by atoms with Crippen LogP contribution in [0.25, 0.3) is 10.9 Å². The van der Waals surface area contributed by atoms with E-state index in [2.05, 4.69) is 36.9 Å². The summed E-state index contributed by atoms with van der Waals surface area (Å²) in [4.78, 5) is 95.7. The van der Waals surface area contributed by atoms with Crippen LogP contribution >= 0.6 is 21.6 Å². The van der Waals surface area contributed by atoms with Gasteiger partial charge in [-0.05, 0) is 63.1 Å². The first kappa shape index (κ1) is 47.3. The Morgan fingerprint density at radius 3 is 1.91 bits per heavy atom. The van der Waals surface area contributed by atoms with Crippen molar-refractivity contribution in [2.75, 3.05) is 18.6 Å². The van der Waals surface area contributed by atoms with Crippen molar-refractivity contribution in [2.45, 2.75) is 95.2 Å². The van der Waals surface area contributed by atoms with Crippen LogP contribution in [0.15, 0.2) is 60.8 Å². The number of aromatic amines is 1. The number of aliphatic hydroxyl groups excluding tert-OH is 1. The molecule has 17 nitrogen and oxygen atoms in total. The number of carbonyl (C=O) groups is 7. The van der Waals surface area contributed by atoms with Crippen LogP contribution in [0.4, 0.5) is 0 Å². The highest BCUT2D eigenvalue weighted by Gasteiger charge is 2.34. The molecule has 0 unspecified atom stereocenters. The van der Waals surface area contributed by atoms with E-state index in [0.29, 0.717) is 30.5 Å². The SMILES string of the molecule is CSSC[C@H](NC(C)=O)C(=O)N[C@@H](Cc1ccccc1)C(=O)N[C@H](Cc1c[nH]c2ccccc12)C(=O)N[C@@H](CCCCN)C(=O)N[C@H](C(=O)N[C@@H](C)C(N)=O)[C@@H](C)O. The molecule has 0 aliphatic carbocycles. The van der Waals surface area contributed by atoms with Gasteiger partial charge in [-0.25, -0.2) is 0 Å². The second-order valence-electron chi connectivity index (χ2n) is 13.8. The van der Waals surface area contributed by atoms with Gasteiger partial charge in [0.1, 0.15) is 36.3 Å². The van der Waals surface area contributed by atoms with E-state index < -0.39 is 83.7 Å². The number of hydrogen-bond acceptors (Lipinski definition) is 11. The largest absolute Gasteiger partial charge is 0.391 e. The third-order valence-corrected chi connectivity index (χ3v) is 10.9. The molecule has 58 heavy (non-hydrogen) atoms. The lowest BCUT2D eigenvalue weighted by atomic mass is 10.0. The molecule has 12 N–H and O–H groups in total. The van der Waals surface area contributed by atoms with Gasteiger partial charge in [0, 0.05) is 42.6 Å². The van der Waals surface area contributed by atoms with Gasteiger partial charge in [-0.2, -0.15) is 0 Å². The second-order valence-corrected chi connectivity index (χ2v) is 16.4. The Hall–Kier alpha value is -5.11. The number of amides is 7. The number of nitrogens with two attached hydrogens (primary N) is 2. The van der Waals surface area contributed by atoms with E-state index in [4.69, 9.17) is 11.5 Å². The number of aliphatic hydroxyl groups is 1. The summed E-state index contributed by atoms with van der Waals surface area (Å²) in [6.45, 7) is 4.22. The van der Waals surface area contributed by atoms with Crippen LogP contribution in [0.3, 0.4) is 0 Å². The number of H-pyrrole nitrogens is 1. The second kappa shape index (κ2) is 24.0. The van der Waals surface area contributed by atoms with E-state index in [1.54, 1.807) is 30.5 Å². The molecule has 316 valence electrons. The van der Waals surface area contributed by atoms with E-state index in [1.807, 2.05) is 36.6 Å². The number of unbranched alkanes of at least 4 members (excludes halogenated alkanes) is 1. The molecule has 7 atom stereocenters. The minimum Gasteiger partial charge on any atom is -0.391 e. The molecule has 0 aliphatic heterocycles. The number of benzene rings is 2. The lowest BCUT2D eigenvalue weighted by Crippen LogP contribution is -2.61. The Morgan fingerprint density at radius 1 is 0.724 bits per heavy atom. The molecule has 0 aliphatic rings. The molecule has 0 spiro atoms. The molecule has 7 amide bonds. The first-order valence-electron chi connectivity index (χ1n) is 18.9. The summed E-state index contributed by atoms with van der Waals surface area (Å²) in [5.74, 6) is -4.74. The summed E-state index contributed by atoms with van der Waals surface area (Å²) in [7, 11) is 2.77. The van der Waals surface area contributed by atoms with E-state index in [-0.39, 0.29) is 25.0 Å². The Morgan fingerprint density at radius 2 is 1.31 bits per heavy atom. The standard InChI is InChI=1S/C39H55N9O8S2/c1-22(34(41)51)43-39(56)33(23(2)49)48-35(52)29(16-10-11-17-40)45-37(54)31(19-26-20-42-28-15-9-8-14-27(26)28)47-36(53)30(18-25-12-6-5-7-13-25)46-38(55)32(21-58-57-4)44-24(3)50/h5-9,12-15,20,22-23,29-33,42,49H,10-11,16-19,21,40H2,1-4H3,(H2,41,51)(H,43,56)(H,44,50)(H,45,54)(H,46,55)(H,47,53)(H,48,52)/t22-,23+,29-,30-,31+,32-,33-/m0/s1. The minimum atomic E-state index is -1.51. The Kier molecular flexibility index (Phi) is 19.5. The molecular weight excluding hydrogens is 787 g/mol. The van der Waals surface area contributed by atoms with Crippen LogP contribution in [0.2, 0.25) is 0 Å². The van der Waals surface area contributed by atoms with E-state index in [1.165, 1.54) is 42.4 Å². The number of aromatic nitrogens is 1. The molecule has 0 saturated carbocycles. The number of fused-ring (bicyclic) bond motifs is 1. The molecule has 0 bridgehead atoms. The van der Waals surface area contributed by atoms with Crippen molar-refractivity contribution in [3.63, 3.8) is 0 Å². The van der Waals surface area contributed by atoms with E-state index >= 15 is 0 Å². The smallest absolute Gasteiger partial charge is 0.245 e. The van der Waals surface area contributed by atoms with Crippen molar-refractivity contribution in [2.24, 2.45) is 11.5 Å². The van der Waals surface area contributed by atoms with Crippen molar-refractivity contribution in [1.29, 1.82) is 0 Å². The van der Waals surface area contributed by atoms with Gasteiger partial charge >= 0.3 is 0 Å². The Labute approximate surface area is 345 Å². The van der Waals surface area contributed by atoms with E-state index in [9.17, 15) is 38.7 Å². The lowest BCUT2D eigenvalue weighted by Gasteiger charge is -2.28. The zero-order valence-electron chi connectivity index (χ0n) is 33.0. The highest BCUT2D eigenvalue weighted by molar-refractivity contribution is 8.76. The van der Waals surface area contributed by atoms with Gasteiger partial charge < -0.3 is 53.5 Å². The van der Waals surface area contributed by atoms with Crippen LogP contribution in [-0.4, -0.2) is 112 Å². The number of rotatable bonds is 24. The van der Waals surface area contributed by atoms with Gasteiger partial charge in [0.05, 0.1) is 6.10 Å². The molecule has 0 saturated heterocycles. The topological polar surface area (TPSA) is 280 Å². The van der Waals surface area contributed by atoms with Crippen molar-refractivity contribution in [3.8, 4) is 0 Å². The molecular formula is C39H55N9O8S2. The van der Waals surface area contributed by atoms with Crippen molar-refractivity contribution in [3.05, 3.63) is 71.9 Å². The highest BCUT2D eigenvalue weighted by Crippen LogP contribution is 2.20. The van der Waals surface area contributed by atoms with Crippen LogP contribution in [-0.2, 0) is 46.4 Å². The summed E-state index contributed by atoms with van der Waals surface area (Å²) in [6.07, 6.45) is 3.14. The maximum absolute atomic E-state index is 14.4. The minimum absolute atomic E-state index is 0.0344. The number of nitrogens with one attached hydrogen (secondary N) is 7. The quantitative estimate of drug-likeness (QED) is 0.0420. The first-order valence-corrected chi connectivity index (χ1v) is 21.6. The fourth-order valence-corrected chi connectivity index (χ4v) is 7.29. The van der Waals surface area contributed by atoms with Crippen LogP contribution in [0, 0.1) is 0 Å². The highest BCUT2D eigenvalue weighted by atomic mass is 33.1. The van der Waals surface area contributed by atoms with Crippen molar-refractivity contribution in [1.82, 2.24) is 36.9 Å². The maximum Gasteiger partial charge on any atom is 0.245 e. The number of para-hydroxylation sites is 1. The average molecular weight is 842 g/mol. The average Bonchev–Trinajstić information content (AvgIpc) is 3.59. The Bertz CT molecular complexity index is 1860. The van der Waals surface area contributed by atoms with Gasteiger partial charge in [-0.1, -0.05) is 70.1 Å². The predicted molar refractivity (Wildman–Crippen MR) is 225 cm³/mol. The molecule has 0 radical (unpaired) electrons. The third kappa shape index (κ3) is 15.0. The summed E-state index contributed by atoms with van der Waals surface area (Å²) in [6, 6.07) is 9.04. The molecule has 2 aromatic carbocycles. The number of primary amides is 1.